The molecule has 3 aliphatic heterocycles. The van der Waals surface area contributed by atoms with E-state index in [0.29, 0.717) is 17.4 Å². The van der Waals surface area contributed by atoms with Gasteiger partial charge in [0, 0.05) is 44.2 Å². The molecule has 3 saturated heterocycles. The van der Waals surface area contributed by atoms with Gasteiger partial charge in [-0.2, -0.15) is 0 Å². The van der Waals surface area contributed by atoms with Gasteiger partial charge in [-0.3, -0.25) is 9.89 Å². The highest BCUT2D eigenvalue weighted by Gasteiger charge is 2.42. The van der Waals surface area contributed by atoms with Gasteiger partial charge in [0.25, 0.3) is 0 Å². The van der Waals surface area contributed by atoms with Crippen molar-refractivity contribution in [1.29, 1.82) is 0 Å². The third-order valence-corrected chi connectivity index (χ3v) is 7.20. The second-order valence-corrected chi connectivity index (χ2v) is 9.27. The molecule has 6 nitrogen and oxygen atoms in total. The van der Waals surface area contributed by atoms with Crippen LogP contribution in [0.15, 0.2) is 29.3 Å². The van der Waals surface area contributed by atoms with Crippen LogP contribution in [0.1, 0.15) is 44.2 Å². The van der Waals surface area contributed by atoms with Crippen molar-refractivity contribution in [3.05, 3.63) is 29.8 Å². The number of rotatable bonds is 5. The zero-order valence-corrected chi connectivity index (χ0v) is 21.6. The number of benzene rings is 1. The van der Waals surface area contributed by atoms with Crippen molar-refractivity contribution in [2.75, 3.05) is 60.1 Å². The third-order valence-electron chi connectivity index (χ3n) is 7.20. The van der Waals surface area contributed by atoms with E-state index < -0.39 is 0 Å². The van der Waals surface area contributed by atoms with Gasteiger partial charge in [-0.05, 0) is 69.8 Å². The number of hydrogen-bond donors (Lipinski definition) is 1. The Kier molecular flexibility index (Phi) is 8.87. The van der Waals surface area contributed by atoms with Gasteiger partial charge in [0.15, 0.2) is 5.96 Å². The van der Waals surface area contributed by atoms with Crippen molar-refractivity contribution < 1.29 is 9.47 Å². The molecule has 3 unspecified atom stereocenters. The van der Waals surface area contributed by atoms with Crippen LogP contribution in [0.3, 0.4) is 0 Å². The fourth-order valence-corrected chi connectivity index (χ4v) is 5.50. The highest BCUT2D eigenvalue weighted by atomic mass is 127. The smallest absolute Gasteiger partial charge is 0.193 e. The first-order valence-electron chi connectivity index (χ1n) is 11.6. The highest BCUT2D eigenvalue weighted by molar-refractivity contribution is 14.0. The van der Waals surface area contributed by atoms with E-state index in [1.807, 2.05) is 0 Å². The van der Waals surface area contributed by atoms with Crippen molar-refractivity contribution in [3.63, 3.8) is 0 Å². The molecule has 0 radical (unpaired) electrons. The summed E-state index contributed by atoms with van der Waals surface area (Å²) in [6.07, 6.45) is 4.87. The highest BCUT2D eigenvalue weighted by Crippen LogP contribution is 2.39. The maximum absolute atomic E-state index is 5.72. The number of halogens is 1. The van der Waals surface area contributed by atoms with Crippen LogP contribution in [-0.2, 0) is 4.74 Å². The predicted molar refractivity (Wildman–Crippen MR) is 137 cm³/mol. The van der Waals surface area contributed by atoms with Gasteiger partial charge in [-0.25, -0.2) is 0 Å². The number of piperidine rings is 1. The van der Waals surface area contributed by atoms with Gasteiger partial charge in [0.05, 0.1) is 13.7 Å². The van der Waals surface area contributed by atoms with Crippen LogP contribution in [0.25, 0.3) is 0 Å². The molecule has 1 spiro atoms. The molecule has 0 amide bonds. The Bertz CT molecular complexity index is 721. The summed E-state index contributed by atoms with van der Waals surface area (Å²) in [5.74, 6) is 2.53. The summed E-state index contributed by atoms with van der Waals surface area (Å²) in [5, 5.41) is 3.56. The minimum absolute atomic E-state index is 0. The molecule has 0 aromatic heterocycles. The Balaban J connectivity index is 0.00000272. The SMILES string of the molecule is CCNC(=NCC1CCCN(C)C1c1ccc(OC)cc1)N1CCC2(CCOC2)C1.I. The van der Waals surface area contributed by atoms with Gasteiger partial charge in [-0.15, -0.1) is 24.0 Å². The van der Waals surface area contributed by atoms with E-state index in [1.165, 1.54) is 31.2 Å². The summed E-state index contributed by atoms with van der Waals surface area (Å²) < 4.78 is 11.1. The lowest BCUT2D eigenvalue weighted by Crippen LogP contribution is -2.42. The number of nitrogens with zero attached hydrogens (tertiary/aromatic N) is 3. The number of hydrogen-bond acceptors (Lipinski definition) is 4. The summed E-state index contributed by atoms with van der Waals surface area (Å²) in [7, 11) is 3.97. The van der Waals surface area contributed by atoms with Crippen molar-refractivity contribution >= 4 is 29.9 Å². The summed E-state index contributed by atoms with van der Waals surface area (Å²) in [5.41, 5.74) is 1.72. The first kappa shape index (κ1) is 24.6. The number of likely N-dealkylation sites (tertiary alicyclic amines) is 2. The molecule has 1 N–H and O–H groups in total. The zero-order valence-electron chi connectivity index (χ0n) is 19.3. The van der Waals surface area contributed by atoms with Crippen LogP contribution in [0.4, 0.5) is 0 Å². The second-order valence-electron chi connectivity index (χ2n) is 9.27. The standard InChI is InChI=1S/C24H38N4O2.HI/c1-4-25-23(28-14-11-24(17-28)12-15-30-18-24)26-16-20-6-5-13-27(2)22(20)19-7-9-21(29-3)10-8-19;/h7-10,20,22H,4-6,11-18H2,1-3H3,(H,25,26);1H. The van der Waals surface area contributed by atoms with E-state index in [1.54, 1.807) is 7.11 Å². The third kappa shape index (κ3) is 5.66. The first-order valence-corrected chi connectivity index (χ1v) is 11.6. The minimum atomic E-state index is 0. The van der Waals surface area contributed by atoms with Crippen molar-refractivity contribution in [3.8, 4) is 5.75 Å². The van der Waals surface area contributed by atoms with E-state index in [9.17, 15) is 0 Å². The van der Waals surface area contributed by atoms with Crippen LogP contribution in [0, 0.1) is 11.3 Å². The molecular formula is C24H39IN4O2. The van der Waals surface area contributed by atoms with Crippen LogP contribution in [0.2, 0.25) is 0 Å². The van der Waals surface area contributed by atoms with Crippen LogP contribution in [0.5, 0.6) is 5.75 Å². The molecule has 0 bridgehead atoms. The van der Waals surface area contributed by atoms with Gasteiger partial charge in [0.1, 0.15) is 5.75 Å². The molecule has 31 heavy (non-hydrogen) atoms. The molecule has 174 valence electrons. The molecule has 1 aromatic carbocycles. The Morgan fingerprint density at radius 2 is 2.06 bits per heavy atom. The minimum Gasteiger partial charge on any atom is -0.497 e. The zero-order chi connectivity index (χ0) is 21.0. The molecule has 0 saturated carbocycles. The average molecular weight is 543 g/mol. The monoisotopic (exact) mass is 542 g/mol. The molecule has 1 aromatic rings. The molecule has 7 heteroatoms. The molecule has 3 heterocycles. The van der Waals surface area contributed by atoms with Gasteiger partial charge < -0.3 is 19.7 Å². The maximum atomic E-state index is 5.72. The topological polar surface area (TPSA) is 49.3 Å². The van der Waals surface area contributed by atoms with Crippen LogP contribution in [-0.4, -0.2) is 75.9 Å². The van der Waals surface area contributed by atoms with Crippen molar-refractivity contribution in [2.24, 2.45) is 16.3 Å². The largest absolute Gasteiger partial charge is 0.497 e. The molecular weight excluding hydrogens is 503 g/mol. The lowest BCUT2D eigenvalue weighted by Gasteiger charge is -2.39. The lowest BCUT2D eigenvalue weighted by atomic mass is 9.85. The summed E-state index contributed by atoms with van der Waals surface area (Å²) >= 11 is 0. The Hall–Kier alpha value is -1.06. The Morgan fingerprint density at radius 1 is 1.26 bits per heavy atom. The van der Waals surface area contributed by atoms with Gasteiger partial charge >= 0.3 is 0 Å². The number of ether oxygens (including phenoxy) is 2. The quantitative estimate of drug-likeness (QED) is 0.349. The lowest BCUT2D eigenvalue weighted by molar-refractivity contribution is 0.125. The van der Waals surface area contributed by atoms with Gasteiger partial charge in [0.2, 0.25) is 0 Å². The number of guanidine groups is 1. The van der Waals surface area contributed by atoms with Crippen molar-refractivity contribution in [2.45, 2.75) is 38.6 Å². The molecule has 3 fully saturated rings. The summed E-state index contributed by atoms with van der Waals surface area (Å²) in [6.45, 7) is 9.07. The fraction of sp³-hybridized carbons (Fsp3) is 0.708. The van der Waals surface area contributed by atoms with Crippen LogP contribution < -0.4 is 10.1 Å². The number of aliphatic imine (C=N–C) groups is 1. The first-order chi connectivity index (χ1) is 14.6. The van der Waals surface area contributed by atoms with Crippen LogP contribution >= 0.6 is 24.0 Å². The normalized spacial score (nSPS) is 29.3. The van der Waals surface area contributed by atoms with E-state index in [4.69, 9.17) is 14.5 Å². The maximum Gasteiger partial charge on any atom is 0.193 e. The van der Waals surface area contributed by atoms with E-state index >= 15 is 0 Å². The van der Waals surface area contributed by atoms with Gasteiger partial charge in [-0.1, -0.05) is 12.1 Å². The summed E-state index contributed by atoms with van der Waals surface area (Å²) in [6, 6.07) is 9.00. The number of methoxy groups -OCH3 is 1. The number of nitrogens with one attached hydrogen (secondary N) is 1. The summed E-state index contributed by atoms with van der Waals surface area (Å²) in [4.78, 5) is 10.1. The molecule has 3 atom stereocenters. The fourth-order valence-electron chi connectivity index (χ4n) is 5.50. The molecule has 4 rings (SSSR count). The van der Waals surface area contributed by atoms with E-state index in [0.717, 1.165) is 57.6 Å². The second kappa shape index (κ2) is 11.2. The van der Waals surface area contributed by atoms with Crippen molar-refractivity contribution in [1.82, 2.24) is 15.1 Å². The average Bonchev–Trinajstić information content (AvgIpc) is 3.41. The van der Waals surface area contributed by atoms with E-state index in [-0.39, 0.29) is 24.0 Å². The molecule has 0 aliphatic carbocycles. The predicted octanol–water partition coefficient (Wildman–Crippen LogP) is 3.77. The Labute approximate surface area is 204 Å². The molecule has 3 aliphatic rings. The van der Waals surface area contributed by atoms with E-state index in [2.05, 4.69) is 53.4 Å². The Morgan fingerprint density at radius 3 is 2.74 bits per heavy atom.